The van der Waals surface area contributed by atoms with Crippen molar-refractivity contribution in [2.75, 3.05) is 14.2 Å². The van der Waals surface area contributed by atoms with Crippen LogP contribution in [0, 0.1) is 40.9 Å². The minimum atomic E-state index is -1.93. The first-order chi connectivity index (χ1) is 15.4. The fourth-order valence-electron chi connectivity index (χ4n) is 4.45. The van der Waals surface area contributed by atoms with Gasteiger partial charge in [0.25, 0.3) is 0 Å². The number of hydrogen-bond acceptors (Lipinski definition) is 7. The lowest BCUT2D eigenvalue weighted by atomic mass is 9.54. The molecule has 32 heavy (non-hydrogen) atoms. The van der Waals surface area contributed by atoms with Crippen LogP contribution in [0.15, 0.2) is 65.9 Å². The van der Waals surface area contributed by atoms with E-state index in [0.717, 1.165) is 19.8 Å². The summed E-state index contributed by atoms with van der Waals surface area (Å²) >= 11 is 0. The standard InChI is InChI=1S/C25H22N2O5/c1-15-9-11-17(12-10-15)21-19(24(30)32-3)22(28)18(23(29)31-2)20(25(21,13-26)14-27)16-7-5-4-6-8-16/h4-12,18,20-21,28H,1-3H3/t18-,20-,21+/m0/s1. The second-order valence-corrected chi connectivity index (χ2v) is 7.62. The zero-order valence-electron chi connectivity index (χ0n) is 17.9. The Bertz CT molecular complexity index is 1130. The fraction of sp³-hybridized carbons (Fsp3) is 0.280. The number of methoxy groups -OCH3 is 2. The molecule has 0 aliphatic heterocycles. The maximum atomic E-state index is 12.8. The average Bonchev–Trinajstić information content (AvgIpc) is 2.83. The molecule has 1 N–H and O–H groups in total. The van der Waals surface area contributed by atoms with Crippen LogP contribution in [0.5, 0.6) is 0 Å². The number of benzene rings is 2. The Morgan fingerprint density at radius 1 is 0.938 bits per heavy atom. The van der Waals surface area contributed by atoms with Crippen LogP contribution in [0.25, 0.3) is 0 Å². The number of nitriles is 2. The predicted octanol–water partition coefficient (Wildman–Crippen LogP) is 3.68. The smallest absolute Gasteiger partial charge is 0.337 e. The number of esters is 2. The summed E-state index contributed by atoms with van der Waals surface area (Å²) in [5, 5.41) is 32.1. The molecule has 0 bridgehead atoms. The lowest BCUT2D eigenvalue weighted by Gasteiger charge is -2.44. The molecular weight excluding hydrogens is 408 g/mol. The van der Waals surface area contributed by atoms with Crippen LogP contribution in [0.1, 0.15) is 28.5 Å². The van der Waals surface area contributed by atoms with Gasteiger partial charge in [0.1, 0.15) is 11.7 Å². The van der Waals surface area contributed by atoms with E-state index in [1.54, 1.807) is 54.6 Å². The number of carbonyl (C=O) groups is 2. The number of rotatable bonds is 4. The second-order valence-electron chi connectivity index (χ2n) is 7.62. The molecular formula is C25H22N2O5. The van der Waals surface area contributed by atoms with Crippen LogP contribution in [-0.2, 0) is 19.1 Å². The van der Waals surface area contributed by atoms with E-state index in [0.29, 0.717) is 11.1 Å². The van der Waals surface area contributed by atoms with Crippen LogP contribution >= 0.6 is 0 Å². The van der Waals surface area contributed by atoms with Crippen LogP contribution < -0.4 is 0 Å². The summed E-state index contributed by atoms with van der Waals surface area (Å²) in [4.78, 5) is 25.7. The molecule has 162 valence electrons. The molecule has 0 radical (unpaired) electrons. The molecule has 3 atom stereocenters. The third-order valence-electron chi connectivity index (χ3n) is 5.94. The molecule has 0 saturated heterocycles. The van der Waals surface area contributed by atoms with Gasteiger partial charge in [-0.3, -0.25) is 4.79 Å². The summed E-state index contributed by atoms with van der Waals surface area (Å²) in [6.45, 7) is 1.88. The molecule has 0 saturated carbocycles. The highest BCUT2D eigenvalue weighted by molar-refractivity contribution is 5.94. The number of carbonyl (C=O) groups excluding carboxylic acids is 2. The molecule has 0 amide bonds. The summed E-state index contributed by atoms with van der Waals surface area (Å²) in [6.07, 6.45) is 0. The first-order valence-electron chi connectivity index (χ1n) is 9.89. The Kier molecular flexibility index (Phi) is 6.32. The molecule has 0 aromatic heterocycles. The van der Waals surface area contributed by atoms with E-state index in [2.05, 4.69) is 12.1 Å². The molecule has 0 spiro atoms. The fourth-order valence-corrected chi connectivity index (χ4v) is 4.45. The summed E-state index contributed by atoms with van der Waals surface area (Å²) in [7, 11) is 2.27. The van der Waals surface area contributed by atoms with Gasteiger partial charge in [0.2, 0.25) is 0 Å². The number of nitrogens with zero attached hydrogens (tertiary/aromatic N) is 2. The van der Waals surface area contributed by atoms with Crippen molar-refractivity contribution in [3.05, 3.63) is 82.6 Å². The van der Waals surface area contributed by atoms with Crippen molar-refractivity contribution in [3.8, 4) is 12.1 Å². The van der Waals surface area contributed by atoms with Gasteiger partial charge in [-0.05, 0) is 18.1 Å². The van der Waals surface area contributed by atoms with Gasteiger partial charge in [0.15, 0.2) is 5.41 Å². The van der Waals surface area contributed by atoms with Crippen LogP contribution in [0.3, 0.4) is 0 Å². The highest BCUT2D eigenvalue weighted by Gasteiger charge is 2.61. The molecule has 0 fully saturated rings. The van der Waals surface area contributed by atoms with Crippen LogP contribution in [0.2, 0.25) is 0 Å². The van der Waals surface area contributed by atoms with Gasteiger partial charge in [0.05, 0.1) is 37.8 Å². The van der Waals surface area contributed by atoms with E-state index in [9.17, 15) is 25.2 Å². The summed E-state index contributed by atoms with van der Waals surface area (Å²) in [5.74, 6) is -6.08. The minimum Gasteiger partial charge on any atom is -0.511 e. The second kappa shape index (κ2) is 8.95. The molecule has 1 aliphatic carbocycles. The summed E-state index contributed by atoms with van der Waals surface area (Å²) < 4.78 is 9.80. The predicted molar refractivity (Wildman–Crippen MR) is 114 cm³/mol. The zero-order chi connectivity index (χ0) is 23.5. The SMILES string of the molecule is COC(=O)C1=C(O)[C@@H](C(=O)OC)[C@H](c2ccccc2)C(C#N)(C#N)[C@@H]1c1ccc(C)cc1. The number of hydrogen-bond donors (Lipinski definition) is 1. The third-order valence-corrected chi connectivity index (χ3v) is 5.94. The minimum absolute atomic E-state index is 0.304. The number of aryl methyl sites for hydroxylation is 1. The van der Waals surface area contributed by atoms with Gasteiger partial charge in [-0.25, -0.2) is 4.79 Å². The Morgan fingerprint density at radius 2 is 1.53 bits per heavy atom. The molecule has 7 heteroatoms. The Balaban J connectivity index is 2.47. The van der Waals surface area contributed by atoms with Gasteiger partial charge in [0, 0.05) is 5.92 Å². The molecule has 1 aliphatic rings. The van der Waals surface area contributed by atoms with E-state index in [4.69, 9.17) is 9.47 Å². The Labute approximate surface area is 186 Å². The van der Waals surface area contributed by atoms with E-state index < -0.39 is 40.9 Å². The quantitative estimate of drug-likeness (QED) is 0.735. The van der Waals surface area contributed by atoms with E-state index in [-0.39, 0.29) is 5.57 Å². The van der Waals surface area contributed by atoms with Gasteiger partial charge >= 0.3 is 11.9 Å². The Hall–Kier alpha value is -4.10. The normalized spacial score (nSPS) is 21.7. The molecule has 0 unspecified atom stereocenters. The molecule has 0 heterocycles. The molecule has 3 rings (SSSR count). The highest BCUT2D eigenvalue weighted by Crippen LogP contribution is 2.58. The Morgan fingerprint density at radius 3 is 2.03 bits per heavy atom. The van der Waals surface area contributed by atoms with E-state index >= 15 is 0 Å². The van der Waals surface area contributed by atoms with Crippen molar-refractivity contribution < 1.29 is 24.2 Å². The number of aliphatic hydroxyl groups excluding tert-OH is 1. The summed E-state index contributed by atoms with van der Waals surface area (Å²) in [5.41, 5.74) is -0.343. The monoisotopic (exact) mass is 430 g/mol. The number of ether oxygens (including phenoxy) is 2. The van der Waals surface area contributed by atoms with Crippen molar-refractivity contribution in [1.82, 2.24) is 0 Å². The third kappa shape index (κ3) is 3.48. The molecule has 7 nitrogen and oxygen atoms in total. The van der Waals surface area contributed by atoms with Crippen LogP contribution in [-0.4, -0.2) is 31.3 Å². The molecule has 2 aromatic carbocycles. The van der Waals surface area contributed by atoms with Crippen LogP contribution in [0.4, 0.5) is 0 Å². The summed E-state index contributed by atoms with van der Waals surface area (Å²) in [6, 6.07) is 19.7. The first-order valence-corrected chi connectivity index (χ1v) is 9.89. The number of aliphatic hydroxyl groups is 1. The van der Waals surface area contributed by atoms with Crippen molar-refractivity contribution in [3.63, 3.8) is 0 Å². The van der Waals surface area contributed by atoms with Gasteiger partial charge < -0.3 is 14.6 Å². The maximum Gasteiger partial charge on any atom is 0.337 e. The lowest BCUT2D eigenvalue weighted by Crippen LogP contribution is -2.47. The van der Waals surface area contributed by atoms with Crippen molar-refractivity contribution in [2.45, 2.75) is 18.8 Å². The van der Waals surface area contributed by atoms with E-state index in [1.807, 2.05) is 6.92 Å². The first kappa shape index (κ1) is 22.6. The van der Waals surface area contributed by atoms with Gasteiger partial charge in [-0.2, -0.15) is 10.5 Å². The van der Waals surface area contributed by atoms with Crippen molar-refractivity contribution in [2.24, 2.45) is 11.3 Å². The average molecular weight is 430 g/mol. The maximum absolute atomic E-state index is 12.8. The lowest BCUT2D eigenvalue weighted by molar-refractivity contribution is -0.147. The largest absolute Gasteiger partial charge is 0.511 e. The van der Waals surface area contributed by atoms with Crippen molar-refractivity contribution in [1.29, 1.82) is 10.5 Å². The zero-order valence-corrected chi connectivity index (χ0v) is 17.9. The highest BCUT2D eigenvalue weighted by atomic mass is 16.5. The topological polar surface area (TPSA) is 120 Å². The van der Waals surface area contributed by atoms with Gasteiger partial charge in [-0.1, -0.05) is 60.2 Å². The van der Waals surface area contributed by atoms with E-state index in [1.165, 1.54) is 0 Å². The molecule has 2 aromatic rings. The van der Waals surface area contributed by atoms with Gasteiger partial charge in [-0.15, -0.1) is 0 Å². The van der Waals surface area contributed by atoms with Crippen molar-refractivity contribution >= 4 is 11.9 Å².